The lowest BCUT2D eigenvalue weighted by Crippen LogP contribution is -2.49. The van der Waals surface area contributed by atoms with Crippen LogP contribution in [0.2, 0.25) is 0 Å². The summed E-state index contributed by atoms with van der Waals surface area (Å²) in [6.45, 7) is 4.31. The summed E-state index contributed by atoms with van der Waals surface area (Å²) in [4.78, 5) is 18.3. The van der Waals surface area contributed by atoms with Gasteiger partial charge in [0.05, 0.1) is 10.2 Å². The van der Waals surface area contributed by atoms with E-state index in [1.807, 2.05) is 36.4 Å². The third kappa shape index (κ3) is 2.05. The van der Waals surface area contributed by atoms with Gasteiger partial charge in [0, 0.05) is 5.92 Å². The number of para-hydroxylation sites is 2. The maximum absolute atomic E-state index is 13.4. The molecule has 0 N–H and O–H groups in total. The number of nitrogens with zero attached hydrogens (tertiary/aromatic N) is 1. The molecule has 5 rings (SSSR count). The van der Waals surface area contributed by atoms with Crippen LogP contribution in [0.3, 0.4) is 0 Å². The van der Waals surface area contributed by atoms with Crippen molar-refractivity contribution < 1.29 is 9.53 Å². The highest BCUT2D eigenvalue weighted by atomic mass is 32.1. The van der Waals surface area contributed by atoms with Crippen LogP contribution in [0.1, 0.15) is 43.2 Å². The first kappa shape index (κ1) is 15.8. The van der Waals surface area contributed by atoms with E-state index >= 15 is 0 Å². The SMILES string of the molecule is CC1=C(C)C[C@]2(c3nc4ccccc4s3)C(=O)Oc3ccccc3[C@@H]2C1. The van der Waals surface area contributed by atoms with Crippen molar-refractivity contribution in [1.82, 2.24) is 4.98 Å². The molecule has 2 aromatic carbocycles. The standard InChI is InChI=1S/C22H19NO2S/c1-13-11-16-15-7-3-5-9-18(15)25-21(24)22(16,12-14(13)2)20-23-17-8-4-6-10-19(17)26-20/h3-10,16H,11-12H2,1-2H3/t16-,22-/m0/s1. The van der Waals surface area contributed by atoms with Crippen molar-refractivity contribution in [2.45, 2.75) is 38.0 Å². The van der Waals surface area contributed by atoms with Crippen molar-refractivity contribution in [1.29, 1.82) is 0 Å². The summed E-state index contributed by atoms with van der Waals surface area (Å²) in [7, 11) is 0. The minimum atomic E-state index is -0.721. The highest BCUT2D eigenvalue weighted by Gasteiger charge is 2.56. The average molecular weight is 361 g/mol. The Labute approximate surface area is 156 Å². The minimum Gasteiger partial charge on any atom is -0.425 e. The second-order valence-corrected chi connectivity index (χ2v) is 8.41. The summed E-state index contributed by atoms with van der Waals surface area (Å²) in [6.07, 6.45) is 1.55. The molecule has 2 atom stereocenters. The Kier molecular flexibility index (Phi) is 3.35. The summed E-state index contributed by atoms with van der Waals surface area (Å²) < 4.78 is 6.96. The normalized spacial score (nSPS) is 25.0. The monoisotopic (exact) mass is 361 g/mol. The van der Waals surface area contributed by atoms with Crippen molar-refractivity contribution in [2.24, 2.45) is 0 Å². The summed E-state index contributed by atoms with van der Waals surface area (Å²) in [5, 5.41) is 0.884. The molecule has 3 aromatic rings. The zero-order valence-electron chi connectivity index (χ0n) is 14.8. The zero-order valence-corrected chi connectivity index (χ0v) is 15.6. The van der Waals surface area contributed by atoms with Crippen molar-refractivity contribution in [3.8, 4) is 5.75 Å². The van der Waals surface area contributed by atoms with Crippen molar-refractivity contribution in [3.05, 3.63) is 70.2 Å². The molecule has 0 saturated carbocycles. The van der Waals surface area contributed by atoms with E-state index in [0.29, 0.717) is 12.2 Å². The largest absolute Gasteiger partial charge is 0.425 e. The first-order chi connectivity index (χ1) is 12.6. The lowest BCUT2D eigenvalue weighted by atomic mass is 9.61. The second-order valence-electron chi connectivity index (χ2n) is 7.38. The van der Waals surface area contributed by atoms with Crippen LogP contribution >= 0.6 is 11.3 Å². The van der Waals surface area contributed by atoms with Gasteiger partial charge in [0.15, 0.2) is 0 Å². The molecule has 0 unspecified atom stereocenters. The first-order valence-corrected chi connectivity index (χ1v) is 9.74. The Hall–Kier alpha value is -2.46. The Morgan fingerprint density at radius 2 is 1.85 bits per heavy atom. The zero-order chi connectivity index (χ0) is 17.9. The van der Waals surface area contributed by atoms with Gasteiger partial charge in [-0.25, -0.2) is 4.98 Å². The van der Waals surface area contributed by atoms with E-state index in [9.17, 15) is 4.79 Å². The van der Waals surface area contributed by atoms with Crippen LogP contribution in [-0.2, 0) is 10.2 Å². The summed E-state index contributed by atoms with van der Waals surface area (Å²) in [5.41, 5.74) is 4.00. The number of ether oxygens (including phenoxy) is 1. The molecule has 0 amide bonds. The Morgan fingerprint density at radius 1 is 1.08 bits per heavy atom. The molecule has 0 saturated heterocycles. The number of fused-ring (bicyclic) bond motifs is 4. The third-order valence-corrected chi connectivity index (χ3v) is 7.13. The molecular weight excluding hydrogens is 342 g/mol. The van der Waals surface area contributed by atoms with Gasteiger partial charge in [-0.2, -0.15) is 0 Å². The topological polar surface area (TPSA) is 39.2 Å². The molecule has 2 heterocycles. The fourth-order valence-electron chi connectivity index (χ4n) is 4.36. The molecule has 26 heavy (non-hydrogen) atoms. The van der Waals surface area contributed by atoms with E-state index in [2.05, 4.69) is 26.0 Å². The van der Waals surface area contributed by atoms with Crippen LogP contribution in [-0.4, -0.2) is 11.0 Å². The molecule has 1 aromatic heterocycles. The molecule has 0 bridgehead atoms. The van der Waals surface area contributed by atoms with Crippen LogP contribution in [0.25, 0.3) is 10.2 Å². The second kappa shape index (κ2) is 5.52. The van der Waals surface area contributed by atoms with Gasteiger partial charge < -0.3 is 4.74 Å². The Balaban J connectivity index is 1.79. The maximum atomic E-state index is 13.4. The summed E-state index contributed by atoms with van der Waals surface area (Å²) >= 11 is 1.63. The molecule has 1 aliphatic carbocycles. The van der Waals surface area contributed by atoms with E-state index in [1.165, 1.54) is 11.1 Å². The third-order valence-electron chi connectivity index (χ3n) is 5.91. The number of thiazole rings is 1. The number of allylic oxidation sites excluding steroid dienone is 2. The molecule has 130 valence electrons. The number of hydrogen-bond donors (Lipinski definition) is 0. The van der Waals surface area contributed by atoms with Gasteiger partial charge in [0.25, 0.3) is 0 Å². The van der Waals surface area contributed by atoms with Gasteiger partial charge in [0.2, 0.25) is 0 Å². The predicted octanol–water partition coefficient (Wildman–Crippen LogP) is 5.37. The first-order valence-electron chi connectivity index (χ1n) is 8.92. The number of carbonyl (C=O) groups excluding carboxylic acids is 1. The molecule has 2 aliphatic rings. The van der Waals surface area contributed by atoms with E-state index in [0.717, 1.165) is 27.2 Å². The Morgan fingerprint density at radius 3 is 2.69 bits per heavy atom. The van der Waals surface area contributed by atoms with E-state index < -0.39 is 5.41 Å². The lowest BCUT2D eigenvalue weighted by Gasteiger charge is -2.45. The molecule has 0 radical (unpaired) electrons. The summed E-state index contributed by atoms with van der Waals surface area (Å²) in [5.74, 6) is 0.614. The number of aromatic nitrogens is 1. The van der Waals surface area contributed by atoms with Crippen molar-refractivity contribution >= 4 is 27.5 Å². The van der Waals surface area contributed by atoms with Gasteiger partial charge in [0.1, 0.15) is 16.2 Å². The average Bonchev–Trinajstić information content (AvgIpc) is 3.08. The van der Waals surface area contributed by atoms with Crippen LogP contribution in [0.15, 0.2) is 59.7 Å². The van der Waals surface area contributed by atoms with Crippen LogP contribution in [0.5, 0.6) is 5.75 Å². The maximum Gasteiger partial charge on any atom is 0.325 e. The van der Waals surface area contributed by atoms with E-state index in [1.54, 1.807) is 11.3 Å². The lowest BCUT2D eigenvalue weighted by molar-refractivity contribution is -0.144. The highest BCUT2D eigenvalue weighted by molar-refractivity contribution is 7.18. The fourth-order valence-corrected chi connectivity index (χ4v) is 5.56. The minimum absolute atomic E-state index is 0.0733. The highest BCUT2D eigenvalue weighted by Crippen LogP contribution is 2.56. The predicted molar refractivity (Wildman–Crippen MR) is 104 cm³/mol. The smallest absolute Gasteiger partial charge is 0.325 e. The molecule has 1 aliphatic heterocycles. The van der Waals surface area contributed by atoms with Crippen molar-refractivity contribution in [2.75, 3.05) is 0 Å². The van der Waals surface area contributed by atoms with Gasteiger partial charge >= 0.3 is 5.97 Å². The Bertz CT molecular complexity index is 1050. The van der Waals surface area contributed by atoms with E-state index in [4.69, 9.17) is 9.72 Å². The number of carbonyl (C=O) groups is 1. The fraction of sp³-hybridized carbons (Fsp3) is 0.273. The van der Waals surface area contributed by atoms with Gasteiger partial charge in [-0.3, -0.25) is 4.79 Å². The van der Waals surface area contributed by atoms with Gasteiger partial charge in [-0.1, -0.05) is 41.5 Å². The van der Waals surface area contributed by atoms with E-state index in [-0.39, 0.29) is 11.9 Å². The number of esters is 1. The quantitative estimate of drug-likeness (QED) is 0.332. The summed E-state index contributed by atoms with van der Waals surface area (Å²) in [6, 6.07) is 16.0. The number of benzene rings is 2. The van der Waals surface area contributed by atoms with Crippen LogP contribution < -0.4 is 4.74 Å². The van der Waals surface area contributed by atoms with Crippen LogP contribution in [0.4, 0.5) is 0 Å². The van der Waals surface area contributed by atoms with Crippen molar-refractivity contribution in [3.63, 3.8) is 0 Å². The van der Waals surface area contributed by atoms with Gasteiger partial charge in [-0.05, 0) is 50.5 Å². The molecular formula is C22H19NO2S. The van der Waals surface area contributed by atoms with Crippen LogP contribution in [0, 0.1) is 0 Å². The molecule has 0 spiro atoms. The van der Waals surface area contributed by atoms with Gasteiger partial charge in [-0.15, -0.1) is 11.3 Å². The molecule has 0 fully saturated rings. The molecule has 4 heteroatoms. The number of rotatable bonds is 1. The number of hydrogen-bond acceptors (Lipinski definition) is 4. The molecule has 3 nitrogen and oxygen atoms in total.